The second-order valence-electron chi connectivity index (χ2n) is 7.63. The van der Waals surface area contributed by atoms with Gasteiger partial charge < -0.3 is 24.1 Å². The molecule has 4 rings (SSSR count). The van der Waals surface area contributed by atoms with Crippen LogP contribution in [-0.4, -0.2) is 27.9 Å². The van der Waals surface area contributed by atoms with Crippen molar-refractivity contribution in [3.8, 4) is 17.2 Å². The van der Waals surface area contributed by atoms with Crippen LogP contribution < -0.4 is 10.4 Å². The predicted molar refractivity (Wildman–Crippen MR) is 110 cm³/mol. The lowest BCUT2D eigenvalue weighted by molar-refractivity contribution is -0.155. The van der Waals surface area contributed by atoms with Gasteiger partial charge in [0.05, 0.1) is 0 Å². The van der Waals surface area contributed by atoms with E-state index in [2.05, 4.69) is 0 Å². The summed E-state index contributed by atoms with van der Waals surface area (Å²) in [4.78, 5) is 24.1. The highest BCUT2D eigenvalue weighted by atomic mass is 16.6. The minimum Gasteiger partial charge on any atom is -0.504 e. The molecule has 2 N–H and O–H groups in total. The number of hydrogen-bond donors (Lipinski definition) is 2. The van der Waals surface area contributed by atoms with Crippen molar-refractivity contribution < 1.29 is 28.9 Å². The second-order valence-corrected chi connectivity index (χ2v) is 7.63. The lowest BCUT2D eigenvalue weighted by Gasteiger charge is -2.39. The second kappa shape index (κ2) is 7.26. The minimum absolute atomic E-state index is 0.242. The quantitative estimate of drug-likeness (QED) is 0.295. The van der Waals surface area contributed by atoms with Gasteiger partial charge in [0.25, 0.3) is 0 Å². The monoisotopic (exact) mass is 408 g/mol. The molecule has 0 saturated heterocycles. The van der Waals surface area contributed by atoms with Crippen LogP contribution in [0.1, 0.15) is 25.0 Å². The van der Waals surface area contributed by atoms with Crippen LogP contribution in [0.25, 0.3) is 17.0 Å². The van der Waals surface area contributed by atoms with Gasteiger partial charge in [-0.15, -0.1) is 0 Å². The lowest BCUT2D eigenvalue weighted by Crippen LogP contribution is -2.48. The zero-order chi connectivity index (χ0) is 21.5. The van der Waals surface area contributed by atoms with Crippen molar-refractivity contribution in [2.75, 3.05) is 0 Å². The van der Waals surface area contributed by atoms with Gasteiger partial charge in [0.2, 0.25) is 0 Å². The Hall–Kier alpha value is -3.74. The van der Waals surface area contributed by atoms with Gasteiger partial charge in [-0.1, -0.05) is 6.07 Å². The molecule has 7 nitrogen and oxygen atoms in total. The van der Waals surface area contributed by atoms with E-state index < -0.39 is 23.3 Å². The number of aromatic hydroxyl groups is 2. The molecule has 0 spiro atoms. The van der Waals surface area contributed by atoms with Crippen molar-refractivity contribution in [1.82, 2.24) is 0 Å². The molecule has 154 valence electrons. The van der Waals surface area contributed by atoms with Crippen molar-refractivity contribution in [3.05, 3.63) is 70.1 Å². The molecule has 0 amide bonds. The van der Waals surface area contributed by atoms with E-state index in [4.69, 9.17) is 13.9 Å². The molecule has 2 aromatic carbocycles. The van der Waals surface area contributed by atoms with Gasteiger partial charge in [-0.2, -0.15) is 0 Å². The third-order valence-electron chi connectivity index (χ3n) is 5.06. The Balaban J connectivity index is 1.58. The van der Waals surface area contributed by atoms with Crippen LogP contribution >= 0.6 is 0 Å². The van der Waals surface area contributed by atoms with E-state index in [-0.39, 0.29) is 11.5 Å². The van der Waals surface area contributed by atoms with Crippen LogP contribution in [0.2, 0.25) is 0 Å². The first-order valence-corrected chi connectivity index (χ1v) is 9.38. The summed E-state index contributed by atoms with van der Waals surface area (Å²) in [6, 6.07) is 10.9. The molecule has 1 atom stereocenters. The fourth-order valence-electron chi connectivity index (χ4n) is 3.41. The highest BCUT2D eigenvalue weighted by Crippen LogP contribution is 2.38. The number of phenols is 2. The lowest BCUT2D eigenvalue weighted by atomic mass is 9.90. The Morgan fingerprint density at radius 1 is 1.13 bits per heavy atom. The molecule has 1 aliphatic heterocycles. The number of rotatable bonds is 3. The Morgan fingerprint density at radius 3 is 2.67 bits per heavy atom. The molecule has 0 saturated carbocycles. The zero-order valence-corrected chi connectivity index (χ0v) is 16.4. The molecular weight excluding hydrogens is 388 g/mol. The van der Waals surface area contributed by atoms with E-state index in [1.54, 1.807) is 12.1 Å². The molecule has 1 aliphatic rings. The highest BCUT2D eigenvalue weighted by molar-refractivity contribution is 5.87. The molecule has 7 heteroatoms. The molecular formula is C23H20O7. The number of esters is 1. The van der Waals surface area contributed by atoms with Crippen molar-refractivity contribution in [1.29, 1.82) is 0 Å². The van der Waals surface area contributed by atoms with Crippen molar-refractivity contribution in [2.24, 2.45) is 0 Å². The molecule has 0 fully saturated rings. The largest absolute Gasteiger partial charge is 0.504 e. The number of ether oxygens (including phenoxy) is 2. The van der Waals surface area contributed by atoms with Gasteiger partial charge in [0.15, 0.2) is 11.5 Å². The van der Waals surface area contributed by atoms with Gasteiger partial charge in [0.1, 0.15) is 23.0 Å². The summed E-state index contributed by atoms with van der Waals surface area (Å²) in [5.41, 5.74) is 0.367. The van der Waals surface area contributed by atoms with E-state index in [0.717, 1.165) is 5.39 Å². The minimum atomic E-state index is -0.796. The molecule has 0 aliphatic carbocycles. The summed E-state index contributed by atoms with van der Waals surface area (Å²) in [6.45, 7) is 3.64. The summed E-state index contributed by atoms with van der Waals surface area (Å²) in [5, 5.41) is 19.7. The van der Waals surface area contributed by atoms with Crippen molar-refractivity contribution >= 4 is 23.0 Å². The predicted octanol–water partition coefficient (Wildman–Crippen LogP) is 3.54. The van der Waals surface area contributed by atoms with E-state index >= 15 is 0 Å². The first kappa shape index (κ1) is 19.6. The standard InChI is InChI=1S/C23H20O7/c1-23(2)19(28-20(26)9-4-13-3-7-16(24)17(25)11-13)12-15-18(30-23)8-5-14-6-10-21(27)29-22(14)15/h3-11,19,24-25H,12H2,1-2H3/b9-4+. The topological polar surface area (TPSA) is 106 Å². The smallest absolute Gasteiger partial charge is 0.336 e. The fraction of sp³-hybridized carbons (Fsp3) is 0.217. The molecule has 3 aromatic rings. The maximum absolute atomic E-state index is 12.4. The molecule has 2 heterocycles. The van der Waals surface area contributed by atoms with Gasteiger partial charge in [-0.25, -0.2) is 9.59 Å². The maximum atomic E-state index is 12.4. The van der Waals surface area contributed by atoms with Crippen LogP contribution in [0, 0.1) is 0 Å². The third-order valence-corrected chi connectivity index (χ3v) is 5.06. The van der Waals surface area contributed by atoms with Gasteiger partial charge >= 0.3 is 11.6 Å². The van der Waals surface area contributed by atoms with E-state index in [0.29, 0.717) is 28.9 Å². The fourth-order valence-corrected chi connectivity index (χ4v) is 3.41. The van der Waals surface area contributed by atoms with E-state index in [9.17, 15) is 19.8 Å². The van der Waals surface area contributed by atoms with E-state index in [1.807, 2.05) is 26.0 Å². The van der Waals surface area contributed by atoms with Gasteiger partial charge in [-0.05, 0) is 55.8 Å². The summed E-state index contributed by atoms with van der Waals surface area (Å²) < 4.78 is 17.1. The van der Waals surface area contributed by atoms with Crippen LogP contribution in [0.3, 0.4) is 0 Å². The number of carbonyl (C=O) groups is 1. The summed E-state index contributed by atoms with van der Waals surface area (Å²) in [7, 11) is 0. The Labute approximate surface area is 171 Å². The van der Waals surface area contributed by atoms with Crippen LogP contribution in [0.15, 0.2) is 57.8 Å². The molecule has 1 unspecified atom stereocenters. The Kier molecular flexibility index (Phi) is 4.73. The molecule has 0 radical (unpaired) electrons. The summed E-state index contributed by atoms with van der Waals surface area (Å²) >= 11 is 0. The first-order chi connectivity index (χ1) is 14.2. The van der Waals surface area contributed by atoms with Crippen molar-refractivity contribution in [3.63, 3.8) is 0 Å². The number of phenolic OH excluding ortho intramolecular Hbond substituents is 2. The normalized spacial score (nSPS) is 17.5. The number of hydrogen-bond acceptors (Lipinski definition) is 7. The average Bonchev–Trinajstić information content (AvgIpc) is 2.69. The SMILES string of the molecule is CC1(C)Oc2ccc3ccc(=O)oc3c2CC1OC(=O)/C=C/c1ccc(O)c(O)c1. The summed E-state index contributed by atoms with van der Waals surface area (Å²) in [6.07, 6.45) is 2.42. The molecule has 1 aromatic heterocycles. The number of benzene rings is 2. The number of fused-ring (bicyclic) bond motifs is 3. The zero-order valence-electron chi connectivity index (χ0n) is 16.4. The molecule has 30 heavy (non-hydrogen) atoms. The van der Waals surface area contributed by atoms with Gasteiger partial charge in [0, 0.05) is 29.5 Å². The van der Waals surface area contributed by atoms with Crippen molar-refractivity contribution in [2.45, 2.75) is 32.0 Å². The Bertz CT molecular complexity index is 1220. The molecule has 0 bridgehead atoms. The Morgan fingerprint density at radius 2 is 1.90 bits per heavy atom. The van der Waals surface area contributed by atoms with Gasteiger partial charge in [-0.3, -0.25) is 0 Å². The van der Waals surface area contributed by atoms with Crippen LogP contribution in [0.5, 0.6) is 17.2 Å². The number of carbonyl (C=O) groups excluding carboxylic acids is 1. The third kappa shape index (κ3) is 3.74. The maximum Gasteiger partial charge on any atom is 0.336 e. The van der Waals surface area contributed by atoms with Crippen LogP contribution in [0.4, 0.5) is 0 Å². The highest BCUT2D eigenvalue weighted by Gasteiger charge is 2.40. The first-order valence-electron chi connectivity index (χ1n) is 9.38. The van der Waals surface area contributed by atoms with E-state index in [1.165, 1.54) is 30.4 Å². The summed E-state index contributed by atoms with van der Waals surface area (Å²) in [5.74, 6) is -0.524. The average molecular weight is 408 g/mol. The van der Waals surface area contributed by atoms with Crippen LogP contribution in [-0.2, 0) is 16.0 Å².